The van der Waals surface area contributed by atoms with Crippen molar-refractivity contribution in [3.05, 3.63) is 52.4 Å². The van der Waals surface area contributed by atoms with E-state index in [1.54, 1.807) is 18.2 Å². The van der Waals surface area contributed by atoms with E-state index in [1.165, 1.54) is 18.3 Å². The van der Waals surface area contributed by atoms with E-state index in [0.717, 1.165) is 4.57 Å². The zero-order chi connectivity index (χ0) is 14.7. The Labute approximate surface area is 113 Å². The van der Waals surface area contributed by atoms with Gasteiger partial charge in [-0.1, -0.05) is 6.07 Å². The molecule has 7 heteroatoms. The van der Waals surface area contributed by atoms with Crippen molar-refractivity contribution in [2.24, 2.45) is 5.73 Å². The van der Waals surface area contributed by atoms with Crippen LogP contribution in [0.1, 0.15) is 10.4 Å². The number of carboxylic acid groups (broad SMARTS) is 1. The average molecular weight is 273 g/mol. The number of nitrogens with two attached hydrogens (primary N) is 1. The molecule has 3 N–H and O–H groups in total. The molecule has 0 aliphatic rings. The quantitative estimate of drug-likeness (QED) is 0.819. The van der Waals surface area contributed by atoms with Gasteiger partial charge in [0, 0.05) is 6.20 Å². The van der Waals surface area contributed by atoms with Crippen LogP contribution in [0.15, 0.2) is 41.3 Å². The van der Waals surface area contributed by atoms with Gasteiger partial charge in [-0.3, -0.25) is 19.1 Å². The number of amides is 1. The summed E-state index contributed by atoms with van der Waals surface area (Å²) in [5, 5.41) is 8.94. The summed E-state index contributed by atoms with van der Waals surface area (Å²) < 4.78 is 1.01. The van der Waals surface area contributed by atoms with Crippen LogP contribution in [0.3, 0.4) is 0 Å². The molecular formula is C13H11N3O4. The van der Waals surface area contributed by atoms with Gasteiger partial charge in [0.15, 0.2) is 0 Å². The highest BCUT2D eigenvalue weighted by Gasteiger charge is 2.16. The highest BCUT2D eigenvalue weighted by atomic mass is 16.4. The molecular weight excluding hydrogens is 262 g/mol. The first-order chi connectivity index (χ1) is 9.50. The van der Waals surface area contributed by atoms with Crippen molar-refractivity contribution >= 4 is 11.9 Å². The predicted octanol–water partition coefficient (Wildman–Crippen LogP) is 0.0938. The number of aromatic carboxylic acids is 1. The number of carbonyl (C=O) groups is 2. The molecule has 0 radical (unpaired) electrons. The number of nitrogens with zero attached hydrogens (tertiary/aromatic N) is 2. The summed E-state index contributed by atoms with van der Waals surface area (Å²) in [5.41, 5.74) is 4.66. The van der Waals surface area contributed by atoms with Gasteiger partial charge in [0.05, 0.1) is 11.4 Å². The molecule has 2 rings (SSSR count). The topological polar surface area (TPSA) is 115 Å². The van der Waals surface area contributed by atoms with Crippen molar-refractivity contribution < 1.29 is 14.7 Å². The molecule has 0 aromatic carbocycles. The number of carbonyl (C=O) groups excluding carboxylic acids is 1. The predicted molar refractivity (Wildman–Crippen MR) is 70.1 cm³/mol. The average Bonchev–Trinajstić information content (AvgIpc) is 2.41. The summed E-state index contributed by atoms with van der Waals surface area (Å²) in [4.78, 5) is 38.2. The molecule has 1 amide bonds. The third kappa shape index (κ3) is 2.56. The second kappa shape index (κ2) is 5.35. The summed E-state index contributed by atoms with van der Waals surface area (Å²) in [6.07, 6.45) is 1.53. The number of hydrogen-bond acceptors (Lipinski definition) is 4. The van der Waals surface area contributed by atoms with Crippen molar-refractivity contribution in [1.82, 2.24) is 9.55 Å². The van der Waals surface area contributed by atoms with Gasteiger partial charge in [-0.15, -0.1) is 0 Å². The minimum atomic E-state index is -1.36. The Kier molecular flexibility index (Phi) is 3.60. The monoisotopic (exact) mass is 273 g/mol. The smallest absolute Gasteiger partial charge is 0.341 e. The first kappa shape index (κ1) is 13.5. The van der Waals surface area contributed by atoms with Crippen molar-refractivity contribution in [3.63, 3.8) is 0 Å². The summed E-state index contributed by atoms with van der Waals surface area (Å²) in [6, 6.07) is 7.67. The molecule has 0 aliphatic heterocycles. The van der Waals surface area contributed by atoms with Crippen LogP contribution in [0.25, 0.3) is 11.4 Å². The highest BCUT2D eigenvalue weighted by Crippen LogP contribution is 2.15. The van der Waals surface area contributed by atoms with Crippen molar-refractivity contribution in [1.29, 1.82) is 0 Å². The van der Waals surface area contributed by atoms with E-state index in [0.29, 0.717) is 11.4 Å². The zero-order valence-electron chi connectivity index (χ0n) is 10.3. The van der Waals surface area contributed by atoms with Crippen LogP contribution < -0.4 is 11.3 Å². The summed E-state index contributed by atoms with van der Waals surface area (Å²) in [7, 11) is 0. The van der Waals surface area contributed by atoms with Crippen LogP contribution in [0.5, 0.6) is 0 Å². The van der Waals surface area contributed by atoms with Gasteiger partial charge in [-0.2, -0.15) is 0 Å². The van der Waals surface area contributed by atoms with Gasteiger partial charge in [-0.05, 0) is 24.3 Å². The minimum Gasteiger partial charge on any atom is -0.477 e. The normalized spacial score (nSPS) is 10.2. The van der Waals surface area contributed by atoms with Crippen LogP contribution in [-0.4, -0.2) is 26.5 Å². The Morgan fingerprint density at radius 3 is 2.55 bits per heavy atom. The maximum Gasteiger partial charge on any atom is 0.341 e. The summed E-state index contributed by atoms with van der Waals surface area (Å²) in [6.45, 7) is -0.411. The molecule has 20 heavy (non-hydrogen) atoms. The van der Waals surface area contributed by atoms with E-state index in [-0.39, 0.29) is 0 Å². The zero-order valence-corrected chi connectivity index (χ0v) is 10.3. The van der Waals surface area contributed by atoms with E-state index in [4.69, 9.17) is 10.8 Å². The first-order valence-corrected chi connectivity index (χ1v) is 5.67. The van der Waals surface area contributed by atoms with Gasteiger partial charge < -0.3 is 10.8 Å². The minimum absolute atomic E-state index is 0.333. The van der Waals surface area contributed by atoms with E-state index in [1.807, 2.05) is 0 Å². The van der Waals surface area contributed by atoms with Gasteiger partial charge in [0.25, 0.3) is 5.56 Å². The Bertz CT molecular complexity index is 722. The van der Waals surface area contributed by atoms with Crippen molar-refractivity contribution in [3.8, 4) is 11.4 Å². The highest BCUT2D eigenvalue weighted by molar-refractivity contribution is 5.87. The van der Waals surface area contributed by atoms with Crippen LogP contribution >= 0.6 is 0 Å². The summed E-state index contributed by atoms with van der Waals surface area (Å²) in [5.74, 6) is -2.10. The maximum atomic E-state index is 12.1. The van der Waals surface area contributed by atoms with E-state index < -0.39 is 29.5 Å². The molecule has 2 aromatic rings. The Morgan fingerprint density at radius 2 is 2.00 bits per heavy atom. The lowest BCUT2D eigenvalue weighted by Crippen LogP contribution is -2.32. The number of carboxylic acids is 1. The fourth-order valence-electron chi connectivity index (χ4n) is 1.79. The van der Waals surface area contributed by atoms with Gasteiger partial charge >= 0.3 is 5.97 Å². The summed E-state index contributed by atoms with van der Waals surface area (Å²) >= 11 is 0. The molecule has 102 valence electrons. The largest absolute Gasteiger partial charge is 0.477 e. The van der Waals surface area contributed by atoms with Gasteiger partial charge in [0.1, 0.15) is 12.1 Å². The number of hydrogen-bond donors (Lipinski definition) is 2. The van der Waals surface area contributed by atoms with Crippen LogP contribution in [0.2, 0.25) is 0 Å². The lowest BCUT2D eigenvalue weighted by Gasteiger charge is -2.11. The fourth-order valence-corrected chi connectivity index (χ4v) is 1.79. The Morgan fingerprint density at radius 1 is 1.25 bits per heavy atom. The number of pyridine rings is 2. The lowest BCUT2D eigenvalue weighted by molar-refractivity contribution is -0.118. The fraction of sp³-hybridized carbons (Fsp3) is 0.0769. The van der Waals surface area contributed by atoms with E-state index in [2.05, 4.69) is 4.98 Å². The van der Waals surface area contributed by atoms with Crippen molar-refractivity contribution in [2.45, 2.75) is 6.54 Å². The maximum absolute atomic E-state index is 12.1. The van der Waals surface area contributed by atoms with Gasteiger partial charge in [-0.25, -0.2) is 4.79 Å². The Balaban J connectivity index is 2.69. The molecule has 0 saturated carbocycles. The molecule has 0 spiro atoms. The van der Waals surface area contributed by atoms with Crippen LogP contribution in [-0.2, 0) is 11.3 Å². The standard InChI is InChI=1S/C13H11N3O4/c14-11(17)7-16-10(9-3-1-2-6-15-9)5-4-8(12(16)18)13(19)20/h1-6H,7H2,(H2,14,17)(H,19,20). The SMILES string of the molecule is NC(=O)Cn1c(-c2ccccn2)ccc(C(=O)O)c1=O. The van der Waals surface area contributed by atoms with Gasteiger partial charge in [0.2, 0.25) is 5.91 Å². The first-order valence-electron chi connectivity index (χ1n) is 5.67. The molecule has 2 aromatic heterocycles. The molecule has 0 saturated heterocycles. The van der Waals surface area contributed by atoms with Crippen molar-refractivity contribution in [2.75, 3.05) is 0 Å². The number of primary amides is 1. The van der Waals surface area contributed by atoms with E-state index >= 15 is 0 Å². The molecule has 0 unspecified atom stereocenters. The number of rotatable bonds is 4. The third-order valence-electron chi connectivity index (χ3n) is 2.65. The van der Waals surface area contributed by atoms with Crippen LogP contribution in [0.4, 0.5) is 0 Å². The second-order valence-corrected chi connectivity index (χ2v) is 4.01. The van der Waals surface area contributed by atoms with Crippen LogP contribution in [0, 0.1) is 0 Å². The molecule has 0 fully saturated rings. The molecule has 2 heterocycles. The molecule has 0 bridgehead atoms. The Hall–Kier alpha value is -2.96. The second-order valence-electron chi connectivity index (χ2n) is 4.01. The molecule has 0 aliphatic carbocycles. The molecule has 7 nitrogen and oxygen atoms in total. The number of aromatic nitrogens is 2. The lowest BCUT2D eigenvalue weighted by atomic mass is 10.2. The van der Waals surface area contributed by atoms with E-state index in [9.17, 15) is 14.4 Å². The molecule has 0 atom stereocenters. The third-order valence-corrected chi connectivity index (χ3v) is 2.65.